The van der Waals surface area contributed by atoms with Crippen LogP contribution in [0.3, 0.4) is 0 Å². The van der Waals surface area contributed by atoms with Gasteiger partial charge in [-0.1, -0.05) is 282 Å². The van der Waals surface area contributed by atoms with Crippen molar-refractivity contribution in [2.24, 2.45) is 0 Å². The number of hydrogen-bond donors (Lipinski definition) is 2. The molecule has 6 nitrogen and oxygen atoms in total. The van der Waals surface area contributed by atoms with E-state index in [1.165, 1.54) is 44.5 Å². The molecule has 404 valence electrons. The second kappa shape index (κ2) is 23.7. The highest BCUT2D eigenvalue weighted by Gasteiger charge is 2.36. The maximum atomic E-state index is 9.29. The summed E-state index contributed by atoms with van der Waals surface area (Å²) in [5, 5.41) is 18.6. The Morgan fingerprint density at radius 1 is 0.301 bits per heavy atom. The van der Waals surface area contributed by atoms with Gasteiger partial charge < -0.3 is 10.0 Å². The number of benzene rings is 10. The Hall–Kier alpha value is -9.18. The molecule has 0 saturated carbocycles. The summed E-state index contributed by atoms with van der Waals surface area (Å²) in [4.78, 5) is 19.7. The Bertz CT molecular complexity index is 4150. The number of hydrogen-bond acceptors (Lipinski definition) is 6. The number of aromatic nitrogens is 4. The van der Waals surface area contributed by atoms with Gasteiger partial charge in [-0.25, -0.2) is 19.9 Å². The zero-order chi connectivity index (χ0) is 56.4. The van der Waals surface area contributed by atoms with Crippen LogP contribution in [0.5, 0.6) is 0 Å². The molecule has 2 N–H and O–H groups in total. The molecule has 0 spiro atoms. The molecule has 0 fully saturated rings. The molecule has 0 amide bonds. The van der Waals surface area contributed by atoms with Crippen molar-refractivity contribution in [1.29, 1.82) is 0 Å². The minimum absolute atomic E-state index is 0. The van der Waals surface area contributed by atoms with Gasteiger partial charge in [-0.05, 0) is 97.5 Å². The molecule has 10 aromatic carbocycles. The molecule has 0 unspecified atom stereocenters. The molecule has 0 bridgehead atoms. The van der Waals surface area contributed by atoms with Crippen LogP contribution in [-0.4, -0.2) is 37.1 Å². The van der Waals surface area contributed by atoms with E-state index in [0.717, 1.165) is 83.4 Å². The van der Waals surface area contributed by atoms with Crippen LogP contribution in [0.1, 0.15) is 57.4 Å². The molecule has 2 aromatic heterocycles. The maximum absolute atomic E-state index is 9.29. The molecule has 0 radical (unpaired) electrons. The summed E-state index contributed by atoms with van der Waals surface area (Å²) < 4.78 is 1.01. The van der Waals surface area contributed by atoms with Crippen LogP contribution in [0.15, 0.2) is 271 Å². The van der Waals surface area contributed by atoms with Gasteiger partial charge in [0.1, 0.15) is 0 Å². The molecule has 2 aliphatic rings. The Labute approximate surface area is 496 Å². The third-order valence-electron chi connectivity index (χ3n) is 15.8. The molecular formula is C75H62BBrN4O2. The van der Waals surface area contributed by atoms with Gasteiger partial charge in [-0.2, -0.15) is 0 Å². The quantitative estimate of drug-likeness (QED) is 0.147. The molecule has 83 heavy (non-hydrogen) atoms. The first-order valence-corrected chi connectivity index (χ1v) is 28.4. The first kappa shape index (κ1) is 55.7. The number of halogens is 1. The van der Waals surface area contributed by atoms with E-state index in [-0.39, 0.29) is 18.3 Å². The van der Waals surface area contributed by atoms with Crippen molar-refractivity contribution < 1.29 is 10.0 Å². The third-order valence-corrected chi connectivity index (χ3v) is 16.2. The van der Waals surface area contributed by atoms with Crippen LogP contribution in [0.25, 0.3) is 101 Å². The average Bonchev–Trinajstić information content (AvgIpc) is 3.15. The van der Waals surface area contributed by atoms with E-state index in [1.54, 1.807) is 6.07 Å². The van der Waals surface area contributed by atoms with Crippen molar-refractivity contribution in [3.8, 4) is 101 Å². The molecular weight excluding hydrogens is 1080 g/mol. The van der Waals surface area contributed by atoms with Crippen LogP contribution < -0.4 is 5.46 Å². The van der Waals surface area contributed by atoms with Gasteiger partial charge in [0.2, 0.25) is 0 Å². The van der Waals surface area contributed by atoms with Gasteiger partial charge >= 0.3 is 7.12 Å². The second-order valence-corrected chi connectivity index (χ2v) is 22.7. The fourth-order valence-corrected chi connectivity index (χ4v) is 11.8. The van der Waals surface area contributed by atoms with Crippen molar-refractivity contribution in [3.63, 3.8) is 0 Å². The summed E-state index contributed by atoms with van der Waals surface area (Å²) in [5.41, 5.74) is 23.2. The van der Waals surface area contributed by atoms with Crippen molar-refractivity contribution in [1.82, 2.24) is 19.9 Å². The summed E-state index contributed by atoms with van der Waals surface area (Å²) in [7, 11) is -1.41. The van der Waals surface area contributed by atoms with Gasteiger partial charge in [0, 0.05) is 48.7 Å². The van der Waals surface area contributed by atoms with Crippen LogP contribution >= 0.6 is 15.9 Å². The minimum Gasteiger partial charge on any atom is -0.423 e. The fraction of sp³-hybridized carbons (Fsp3) is 0.0933. The molecule has 0 atom stereocenters. The van der Waals surface area contributed by atoms with E-state index in [2.05, 4.69) is 177 Å². The first-order valence-electron chi connectivity index (χ1n) is 27.6. The normalized spacial score (nSPS) is 12.6. The molecule has 2 heterocycles. The standard InChI is InChI=1S/C37H28N2.C22H15BrN2.C15H15BO2.CH4/c1-37(2)32-19-10-9-18-30(32)31-23-28(20-21-33(31)37)27-16-11-17-29(22-27)36-38-34(25-12-5-3-6-13-25)24-35(39-36)26-14-7-4-8-15-26;23-19-13-7-12-18(14-19)22-24-20(16-8-3-1-4-9-16)15-21(25-22)17-10-5-2-6-11-17;1-15(2)13-6-4-3-5-11(13)12-9-10(16(17)18)7-8-14(12)15;/h3-24H,1-2H3;1-15H;3-9,17-18H,1-2H3;1H4. The van der Waals surface area contributed by atoms with E-state index in [4.69, 9.17) is 19.9 Å². The SMILES string of the molecule is Brc1cccc(-c2nc(-c3ccccc3)cc(-c3ccccc3)n2)c1.C.CC1(C)c2ccccc2-c2cc(-c3cccc(-c4nc(-c5ccccc5)cc(-c5ccccc5)n4)c3)ccc21.CC1(C)c2ccccc2-c2cc(B(O)O)ccc21. The van der Waals surface area contributed by atoms with Gasteiger partial charge in [-0.3, -0.25) is 0 Å². The van der Waals surface area contributed by atoms with Crippen LogP contribution in [0.4, 0.5) is 0 Å². The maximum Gasteiger partial charge on any atom is 0.488 e. The topological polar surface area (TPSA) is 92.0 Å². The van der Waals surface area contributed by atoms with E-state index in [9.17, 15) is 10.0 Å². The van der Waals surface area contributed by atoms with Crippen molar-refractivity contribution in [2.45, 2.75) is 46.0 Å². The lowest BCUT2D eigenvalue weighted by Gasteiger charge is -2.21. The van der Waals surface area contributed by atoms with Gasteiger partial charge in [0.15, 0.2) is 11.6 Å². The van der Waals surface area contributed by atoms with Crippen molar-refractivity contribution in [3.05, 3.63) is 294 Å². The number of nitrogens with zero attached hydrogens (tertiary/aromatic N) is 4. The number of fused-ring (bicyclic) bond motifs is 6. The zero-order valence-electron chi connectivity index (χ0n) is 46.0. The Balaban J connectivity index is 0.000000141. The van der Waals surface area contributed by atoms with E-state index in [0.29, 0.717) is 5.46 Å². The van der Waals surface area contributed by atoms with Gasteiger partial charge in [0.05, 0.1) is 22.8 Å². The zero-order valence-corrected chi connectivity index (χ0v) is 47.6. The van der Waals surface area contributed by atoms with Crippen LogP contribution in [0, 0.1) is 0 Å². The highest BCUT2D eigenvalue weighted by atomic mass is 79.9. The highest BCUT2D eigenvalue weighted by molar-refractivity contribution is 9.10. The van der Waals surface area contributed by atoms with Crippen molar-refractivity contribution in [2.75, 3.05) is 0 Å². The Morgan fingerprint density at radius 2 is 0.639 bits per heavy atom. The summed E-state index contributed by atoms with van der Waals surface area (Å²) in [6, 6.07) is 91.5. The molecule has 0 aliphatic heterocycles. The lowest BCUT2D eigenvalue weighted by Crippen LogP contribution is -2.30. The smallest absolute Gasteiger partial charge is 0.423 e. The number of rotatable bonds is 8. The predicted octanol–water partition coefficient (Wildman–Crippen LogP) is 18.0. The minimum atomic E-state index is -1.41. The fourth-order valence-electron chi connectivity index (χ4n) is 11.4. The highest BCUT2D eigenvalue weighted by Crippen LogP contribution is 2.50. The molecule has 14 rings (SSSR count). The van der Waals surface area contributed by atoms with Gasteiger partial charge in [-0.15, -0.1) is 0 Å². The third kappa shape index (κ3) is 11.4. The summed E-state index contributed by atoms with van der Waals surface area (Å²) in [6.07, 6.45) is 0. The largest absolute Gasteiger partial charge is 0.488 e. The molecule has 0 saturated heterocycles. The van der Waals surface area contributed by atoms with Crippen LogP contribution in [-0.2, 0) is 10.8 Å². The van der Waals surface area contributed by atoms with E-state index < -0.39 is 7.12 Å². The lowest BCUT2D eigenvalue weighted by atomic mass is 9.77. The summed E-state index contributed by atoms with van der Waals surface area (Å²) in [5.74, 6) is 1.45. The summed E-state index contributed by atoms with van der Waals surface area (Å²) in [6.45, 7) is 9.04. The lowest BCUT2D eigenvalue weighted by molar-refractivity contribution is 0.425. The molecule has 12 aromatic rings. The monoisotopic (exact) mass is 1140 g/mol. The van der Waals surface area contributed by atoms with Crippen molar-refractivity contribution >= 4 is 28.5 Å². The first-order chi connectivity index (χ1) is 39.9. The molecule has 2 aliphatic carbocycles. The predicted molar refractivity (Wildman–Crippen MR) is 348 cm³/mol. The summed E-state index contributed by atoms with van der Waals surface area (Å²) >= 11 is 3.53. The van der Waals surface area contributed by atoms with E-state index in [1.807, 2.05) is 127 Å². The Kier molecular flexibility index (Phi) is 15.9. The average molecular weight is 1140 g/mol. The second-order valence-electron chi connectivity index (χ2n) is 21.8. The Morgan fingerprint density at radius 3 is 1.07 bits per heavy atom. The molecule has 8 heteroatoms. The van der Waals surface area contributed by atoms with Gasteiger partial charge in [0.25, 0.3) is 0 Å². The van der Waals surface area contributed by atoms with E-state index >= 15 is 0 Å². The van der Waals surface area contributed by atoms with Crippen LogP contribution in [0.2, 0.25) is 0 Å².